The van der Waals surface area contributed by atoms with Crippen molar-refractivity contribution in [3.05, 3.63) is 30.1 Å². The largest absolute Gasteiger partial charge is 0.406 e. The van der Waals surface area contributed by atoms with E-state index < -0.39 is 0 Å². The van der Waals surface area contributed by atoms with Gasteiger partial charge in [-0.2, -0.15) is 0 Å². The summed E-state index contributed by atoms with van der Waals surface area (Å²) < 4.78 is 5.33. The van der Waals surface area contributed by atoms with E-state index in [0.717, 1.165) is 5.57 Å². The van der Waals surface area contributed by atoms with Gasteiger partial charge in [-0.3, -0.25) is 4.99 Å². The lowest BCUT2D eigenvalue weighted by Crippen LogP contribution is -2.07. The van der Waals surface area contributed by atoms with Crippen LogP contribution >= 0.6 is 0 Å². The van der Waals surface area contributed by atoms with Crippen molar-refractivity contribution in [3.8, 4) is 6.01 Å². The third kappa shape index (κ3) is 3.35. The number of hydrogen-bond acceptors (Lipinski definition) is 4. The lowest BCUT2D eigenvalue weighted by atomic mass is 10.3. The molecule has 0 saturated heterocycles. The van der Waals surface area contributed by atoms with Crippen LogP contribution in [0.25, 0.3) is 0 Å². The Kier molecular flexibility index (Phi) is 3.79. The first-order valence-corrected chi connectivity index (χ1v) is 4.29. The SMILES string of the molecule is CN=C(C=C(C)C)Oc1ncccn1. The van der Waals surface area contributed by atoms with E-state index in [1.54, 1.807) is 25.5 Å². The first kappa shape index (κ1) is 10.4. The van der Waals surface area contributed by atoms with Crippen LogP contribution in [0.1, 0.15) is 13.8 Å². The van der Waals surface area contributed by atoms with Gasteiger partial charge in [-0.15, -0.1) is 0 Å². The Bertz CT molecular complexity index is 340. The molecule has 0 atom stereocenters. The van der Waals surface area contributed by atoms with E-state index >= 15 is 0 Å². The Morgan fingerprint density at radius 1 is 1.36 bits per heavy atom. The Morgan fingerprint density at radius 2 is 2.00 bits per heavy atom. The molecule has 0 fully saturated rings. The maximum atomic E-state index is 5.33. The average Bonchev–Trinajstić information content (AvgIpc) is 2.17. The van der Waals surface area contributed by atoms with Crippen LogP contribution in [0.2, 0.25) is 0 Å². The molecule has 0 amide bonds. The molecule has 0 aliphatic rings. The fourth-order valence-corrected chi connectivity index (χ4v) is 0.818. The zero-order valence-corrected chi connectivity index (χ0v) is 8.56. The second-order valence-corrected chi connectivity index (χ2v) is 2.92. The van der Waals surface area contributed by atoms with Gasteiger partial charge in [-0.05, 0) is 26.0 Å². The molecule has 4 heteroatoms. The smallest absolute Gasteiger partial charge is 0.323 e. The van der Waals surface area contributed by atoms with Crippen molar-refractivity contribution in [2.75, 3.05) is 7.05 Å². The molecular weight excluding hydrogens is 178 g/mol. The Balaban J connectivity index is 2.73. The second-order valence-electron chi connectivity index (χ2n) is 2.92. The van der Waals surface area contributed by atoms with E-state index in [1.807, 2.05) is 19.9 Å². The third-order valence-electron chi connectivity index (χ3n) is 1.37. The van der Waals surface area contributed by atoms with Crippen LogP contribution in [-0.2, 0) is 0 Å². The maximum absolute atomic E-state index is 5.33. The van der Waals surface area contributed by atoms with Crippen LogP contribution in [0.5, 0.6) is 6.01 Å². The standard InChI is InChI=1S/C10H13N3O/c1-8(2)7-9(11-3)14-10-12-5-4-6-13-10/h4-7H,1-3H3. The highest BCUT2D eigenvalue weighted by Gasteiger charge is 1.99. The summed E-state index contributed by atoms with van der Waals surface area (Å²) in [6.45, 7) is 3.95. The van der Waals surface area contributed by atoms with Gasteiger partial charge in [0.1, 0.15) is 0 Å². The molecule has 0 aromatic carbocycles. The van der Waals surface area contributed by atoms with E-state index in [2.05, 4.69) is 15.0 Å². The number of rotatable bonds is 2. The third-order valence-corrected chi connectivity index (χ3v) is 1.37. The summed E-state index contributed by atoms with van der Waals surface area (Å²) in [6.07, 6.45) is 5.08. The van der Waals surface area contributed by atoms with Crippen molar-refractivity contribution in [2.24, 2.45) is 4.99 Å². The molecule has 14 heavy (non-hydrogen) atoms. The van der Waals surface area contributed by atoms with E-state index in [0.29, 0.717) is 11.9 Å². The second kappa shape index (κ2) is 5.11. The summed E-state index contributed by atoms with van der Waals surface area (Å²) in [7, 11) is 1.66. The molecule has 0 aliphatic carbocycles. The fraction of sp³-hybridized carbons (Fsp3) is 0.300. The van der Waals surface area contributed by atoms with Crippen molar-refractivity contribution >= 4 is 5.90 Å². The molecule has 0 aliphatic heterocycles. The summed E-state index contributed by atoms with van der Waals surface area (Å²) in [5.74, 6) is 0.510. The van der Waals surface area contributed by atoms with Gasteiger partial charge >= 0.3 is 6.01 Å². The van der Waals surface area contributed by atoms with Gasteiger partial charge in [0.25, 0.3) is 0 Å². The van der Waals surface area contributed by atoms with Crippen molar-refractivity contribution in [1.82, 2.24) is 9.97 Å². The van der Waals surface area contributed by atoms with Crippen LogP contribution in [0, 0.1) is 0 Å². The predicted molar refractivity (Wildman–Crippen MR) is 55.5 cm³/mol. The molecule has 1 heterocycles. The molecule has 0 N–H and O–H groups in total. The van der Waals surface area contributed by atoms with Crippen LogP contribution < -0.4 is 4.74 Å². The predicted octanol–water partition coefficient (Wildman–Crippen LogP) is 1.85. The highest BCUT2D eigenvalue weighted by Crippen LogP contribution is 2.00. The van der Waals surface area contributed by atoms with Gasteiger partial charge in [0, 0.05) is 19.4 Å². The van der Waals surface area contributed by atoms with Gasteiger partial charge in [-0.1, -0.05) is 5.57 Å². The quantitative estimate of drug-likeness (QED) is 0.529. The normalized spacial score (nSPS) is 10.9. The number of aliphatic imine (C=N–C) groups is 1. The number of allylic oxidation sites excluding steroid dienone is 1. The minimum absolute atomic E-state index is 0.311. The minimum Gasteiger partial charge on any atom is -0.406 e. The topological polar surface area (TPSA) is 47.4 Å². The Labute approximate surface area is 83.4 Å². The number of nitrogens with zero attached hydrogens (tertiary/aromatic N) is 3. The summed E-state index contributed by atoms with van der Waals surface area (Å²) in [6, 6.07) is 2.04. The van der Waals surface area contributed by atoms with E-state index in [4.69, 9.17) is 4.74 Å². The van der Waals surface area contributed by atoms with Crippen molar-refractivity contribution in [3.63, 3.8) is 0 Å². The Morgan fingerprint density at radius 3 is 2.50 bits per heavy atom. The average molecular weight is 191 g/mol. The first-order chi connectivity index (χ1) is 6.72. The van der Waals surface area contributed by atoms with Crippen molar-refractivity contribution in [2.45, 2.75) is 13.8 Å². The molecule has 0 spiro atoms. The van der Waals surface area contributed by atoms with Gasteiger partial charge in [0.2, 0.25) is 5.90 Å². The van der Waals surface area contributed by atoms with Gasteiger partial charge in [0.15, 0.2) is 0 Å². The summed E-state index contributed by atoms with van der Waals surface area (Å²) >= 11 is 0. The summed E-state index contributed by atoms with van der Waals surface area (Å²) in [4.78, 5) is 11.8. The number of hydrogen-bond donors (Lipinski definition) is 0. The fourth-order valence-electron chi connectivity index (χ4n) is 0.818. The molecule has 0 saturated carbocycles. The summed E-state index contributed by atoms with van der Waals surface area (Å²) in [5.41, 5.74) is 1.11. The molecule has 74 valence electrons. The van der Waals surface area contributed by atoms with Crippen LogP contribution in [0.15, 0.2) is 35.1 Å². The first-order valence-electron chi connectivity index (χ1n) is 4.29. The van der Waals surface area contributed by atoms with Gasteiger partial charge < -0.3 is 4.74 Å². The molecule has 0 bridgehead atoms. The van der Waals surface area contributed by atoms with Crippen molar-refractivity contribution in [1.29, 1.82) is 0 Å². The molecule has 4 nitrogen and oxygen atoms in total. The van der Waals surface area contributed by atoms with E-state index in [-0.39, 0.29) is 0 Å². The number of ether oxygens (including phenoxy) is 1. The van der Waals surface area contributed by atoms with Crippen LogP contribution in [0.3, 0.4) is 0 Å². The maximum Gasteiger partial charge on any atom is 0.323 e. The lowest BCUT2D eigenvalue weighted by molar-refractivity contribution is 0.505. The molecule has 1 aromatic rings. The van der Waals surface area contributed by atoms with Crippen LogP contribution in [-0.4, -0.2) is 22.9 Å². The molecular formula is C10H13N3O. The molecule has 1 aromatic heterocycles. The van der Waals surface area contributed by atoms with Crippen molar-refractivity contribution < 1.29 is 4.74 Å². The zero-order chi connectivity index (χ0) is 10.4. The highest BCUT2D eigenvalue weighted by atomic mass is 16.5. The highest BCUT2D eigenvalue weighted by molar-refractivity contribution is 5.89. The summed E-state index contributed by atoms with van der Waals surface area (Å²) in [5, 5.41) is 0. The zero-order valence-electron chi connectivity index (χ0n) is 8.56. The molecule has 0 unspecified atom stereocenters. The van der Waals surface area contributed by atoms with Gasteiger partial charge in [0.05, 0.1) is 0 Å². The van der Waals surface area contributed by atoms with E-state index in [1.165, 1.54) is 0 Å². The minimum atomic E-state index is 0.311. The number of aromatic nitrogens is 2. The van der Waals surface area contributed by atoms with Crippen LogP contribution in [0.4, 0.5) is 0 Å². The molecule has 1 rings (SSSR count). The lowest BCUT2D eigenvalue weighted by Gasteiger charge is -2.01. The monoisotopic (exact) mass is 191 g/mol. The Hall–Kier alpha value is -1.71. The molecule has 0 radical (unpaired) electrons. The van der Waals surface area contributed by atoms with E-state index in [9.17, 15) is 0 Å². The van der Waals surface area contributed by atoms with Gasteiger partial charge in [-0.25, -0.2) is 9.97 Å².